The van der Waals surface area contributed by atoms with Crippen LogP contribution in [-0.2, 0) is 70.3 Å². The molecule has 2 aromatic carbocycles. The largest absolute Gasteiger partial charge is 0.465 e. The number of aromatic nitrogens is 3. The number of carbonyl (C=O) groups excluding carboxylic acids is 7. The van der Waals surface area contributed by atoms with E-state index in [1.807, 2.05) is 30.3 Å². The minimum atomic E-state index is -2.30. The highest BCUT2D eigenvalue weighted by molar-refractivity contribution is 5.95. The van der Waals surface area contributed by atoms with E-state index in [4.69, 9.17) is 33.2 Å². The van der Waals surface area contributed by atoms with Gasteiger partial charge in [0.05, 0.1) is 38.4 Å². The first-order chi connectivity index (χ1) is 32.0. The Bertz CT molecular complexity index is 2190. The number of rotatable bonds is 21. The summed E-state index contributed by atoms with van der Waals surface area (Å²) < 4.78 is 42.0. The fraction of sp³-hybridized carbons (Fsp3) is 0.553. The average Bonchev–Trinajstić information content (AvgIpc) is 3.75. The van der Waals surface area contributed by atoms with Crippen LogP contribution in [0.15, 0.2) is 48.7 Å². The molecule has 0 spiro atoms. The number of benzene rings is 2. The van der Waals surface area contributed by atoms with Crippen LogP contribution in [0, 0.1) is 13.8 Å². The summed E-state index contributed by atoms with van der Waals surface area (Å²) in [6.45, 7) is 7.96. The molecule has 3 N–H and O–H groups in total. The molecular weight excluding hydrogens is 873 g/mol. The molecule has 1 saturated heterocycles. The van der Waals surface area contributed by atoms with Crippen molar-refractivity contribution in [2.75, 3.05) is 26.8 Å². The number of esters is 5. The van der Waals surface area contributed by atoms with Gasteiger partial charge in [0.2, 0.25) is 5.91 Å². The molecule has 20 nitrogen and oxygen atoms in total. The van der Waals surface area contributed by atoms with Crippen LogP contribution in [0.2, 0.25) is 0 Å². The predicted molar refractivity (Wildman–Crippen MR) is 237 cm³/mol. The van der Waals surface area contributed by atoms with Crippen molar-refractivity contribution < 1.29 is 66.7 Å². The zero-order chi connectivity index (χ0) is 48.7. The van der Waals surface area contributed by atoms with Crippen molar-refractivity contribution in [1.29, 1.82) is 0 Å². The molecule has 1 unspecified atom stereocenters. The van der Waals surface area contributed by atoms with E-state index >= 15 is 0 Å². The Morgan fingerprint density at radius 1 is 0.896 bits per heavy atom. The first-order valence-electron chi connectivity index (χ1n) is 22.4. The lowest BCUT2D eigenvalue weighted by atomic mass is 9.87. The van der Waals surface area contributed by atoms with Crippen LogP contribution < -0.4 is 20.7 Å². The highest BCUT2D eigenvalue weighted by atomic mass is 16.7. The Balaban J connectivity index is 1.47. The zero-order valence-corrected chi connectivity index (χ0v) is 39.1. The molecule has 20 heteroatoms. The van der Waals surface area contributed by atoms with Gasteiger partial charge in [0.1, 0.15) is 36.7 Å². The molecule has 1 saturated carbocycles. The molecule has 67 heavy (non-hydrogen) atoms. The third kappa shape index (κ3) is 15.1. The van der Waals surface area contributed by atoms with Crippen molar-refractivity contribution in [1.82, 2.24) is 30.9 Å². The van der Waals surface area contributed by atoms with Gasteiger partial charge < -0.3 is 49.1 Å². The molecule has 6 atom stereocenters. The van der Waals surface area contributed by atoms with Crippen LogP contribution in [0.1, 0.15) is 111 Å². The fourth-order valence-corrected chi connectivity index (χ4v) is 8.49. The van der Waals surface area contributed by atoms with Gasteiger partial charge in [-0.1, -0.05) is 54.8 Å². The van der Waals surface area contributed by atoms with E-state index in [0.717, 1.165) is 71.2 Å². The summed E-state index contributed by atoms with van der Waals surface area (Å²) in [6, 6.07) is 11.3. The van der Waals surface area contributed by atoms with Crippen LogP contribution >= 0.6 is 0 Å². The Kier molecular flexibility index (Phi) is 18.9. The third-order valence-corrected chi connectivity index (χ3v) is 11.3. The second-order valence-electron chi connectivity index (χ2n) is 16.8. The van der Waals surface area contributed by atoms with Gasteiger partial charge in [-0.3, -0.25) is 28.8 Å². The van der Waals surface area contributed by atoms with Gasteiger partial charge in [-0.15, -0.1) is 5.10 Å². The Morgan fingerprint density at radius 3 is 2.21 bits per heavy atom. The molecular formula is C47H62N6O14. The summed E-state index contributed by atoms with van der Waals surface area (Å²) in [7, 11) is 1.11. The molecule has 3 aromatic rings. The van der Waals surface area contributed by atoms with Gasteiger partial charge in [-0.25, -0.2) is 9.48 Å². The second-order valence-corrected chi connectivity index (χ2v) is 16.8. The summed E-state index contributed by atoms with van der Waals surface area (Å²) >= 11 is 0. The number of amides is 2. The molecule has 364 valence electrons. The number of nitrogens with one attached hydrogen (secondary N) is 3. The normalized spacial score (nSPS) is 20.4. The van der Waals surface area contributed by atoms with E-state index in [1.165, 1.54) is 23.7 Å². The molecule has 2 aliphatic rings. The number of nitrogens with zero attached hydrogens (tertiary/aromatic N) is 3. The van der Waals surface area contributed by atoms with Gasteiger partial charge in [0.25, 0.3) is 11.7 Å². The van der Waals surface area contributed by atoms with Crippen LogP contribution in [0.25, 0.3) is 0 Å². The molecule has 2 fully saturated rings. The lowest BCUT2D eigenvalue weighted by molar-refractivity contribution is -0.309. The van der Waals surface area contributed by atoms with Crippen molar-refractivity contribution in [3.05, 3.63) is 76.6 Å². The van der Waals surface area contributed by atoms with E-state index in [2.05, 4.69) is 26.3 Å². The lowest BCUT2D eigenvalue weighted by Crippen LogP contribution is -2.68. The number of methoxy groups -OCH3 is 1. The number of carbonyl (C=O) groups is 7. The van der Waals surface area contributed by atoms with E-state index in [0.29, 0.717) is 23.4 Å². The van der Waals surface area contributed by atoms with E-state index in [1.54, 1.807) is 20.0 Å². The molecule has 1 aromatic heterocycles. The summed E-state index contributed by atoms with van der Waals surface area (Å²) in [5, 5.41) is 17.4. The van der Waals surface area contributed by atoms with Crippen LogP contribution in [0.5, 0.6) is 5.75 Å². The second kappa shape index (κ2) is 24.5. The number of hydrogen-bond donors (Lipinski definition) is 3. The SMILES string of the molecule is COC(=O)[C@@]1(OCCNCc2ccccc2)C[C@@H](OC(C)=O)[C@@H](NC(=O)Cn2cc(C3CCCCC3)nn2)C([C@@H](C[C@@H](CNC(=O)c2cc(C)c(OC(C)=O)c(C)c2)OC(C)=O)OC(C)=O)O1. The summed E-state index contributed by atoms with van der Waals surface area (Å²) in [5.41, 5.74) is 3.02. The van der Waals surface area contributed by atoms with Gasteiger partial charge in [0, 0.05) is 64.9 Å². The summed E-state index contributed by atoms with van der Waals surface area (Å²) in [4.78, 5) is 91.6. The maximum absolute atomic E-state index is 14.0. The number of aryl methyl sites for hydroxylation is 2. The van der Waals surface area contributed by atoms with Crippen molar-refractivity contribution >= 4 is 41.7 Å². The topological polar surface area (TPSA) is 251 Å². The summed E-state index contributed by atoms with van der Waals surface area (Å²) in [5.74, 6) is -6.86. The van der Waals surface area contributed by atoms with Crippen LogP contribution in [-0.4, -0.2) is 120 Å². The Hall–Kier alpha value is -6.25. The number of ether oxygens (including phenoxy) is 7. The molecule has 0 radical (unpaired) electrons. The smallest absolute Gasteiger partial charge is 0.366 e. The third-order valence-electron chi connectivity index (χ3n) is 11.3. The van der Waals surface area contributed by atoms with Crippen molar-refractivity contribution in [3.63, 3.8) is 0 Å². The fourth-order valence-electron chi connectivity index (χ4n) is 8.49. The molecule has 5 rings (SSSR count). The highest BCUT2D eigenvalue weighted by Gasteiger charge is 2.58. The van der Waals surface area contributed by atoms with Gasteiger partial charge in [0.15, 0.2) is 0 Å². The molecule has 2 amide bonds. The molecule has 0 bridgehead atoms. The monoisotopic (exact) mass is 934 g/mol. The minimum absolute atomic E-state index is 0.130. The molecule has 1 aliphatic carbocycles. The average molecular weight is 935 g/mol. The van der Waals surface area contributed by atoms with Crippen LogP contribution in [0.3, 0.4) is 0 Å². The lowest BCUT2D eigenvalue weighted by Gasteiger charge is -2.48. The van der Waals surface area contributed by atoms with Crippen LogP contribution in [0.4, 0.5) is 0 Å². The molecule has 1 aliphatic heterocycles. The maximum atomic E-state index is 14.0. The van der Waals surface area contributed by atoms with Crippen molar-refractivity contribution in [2.24, 2.45) is 0 Å². The first kappa shape index (κ1) is 51.7. The highest BCUT2D eigenvalue weighted by Crippen LogP contribution is 2.37. The van der Waals surface area contributed by atoms with Crippen molar-refractivity contribution in [3.8, 4) is 5.75 Å². The Morgan fingerprint density at radius 2 is 1.58 bits per heavy atom. The van der Waals surface area contributed by atoms with E-state index in [9.17, 15) is 33.6 Å². The predicted octanol–water partition coefficient (Wildman–Crippen LogP) is 3.43. The standard InChI is InChI=1S/C47H62N6O14/c1-28-20-36(21-29(2)43(28)66-33(6)57)45(59)49-25-37(63-30(3)54)22-39(64-31(4)55)44-42(50-41(58)27-53-26-38(51-52-53)35-16-12-9-13-17-35)40(65-32(5)56)23-47(67-44,46(60)61-7)62-19-18-48-24-34-14-10-8-11-15-34/h8,10-11,14-15,20-21,26,35,37,39-40,42,44,48H,9,12-13,16-19,22-25,27H2,1-7H3,(H,49,59)(H,50,58)/t37-,39+,40+,42+,44?,47+/m0/s1. The van der Waals surface area contributed by atoms with E-state index in [-0.39, 0.29) is 44.1 Å². The first-order valence-corrected chi connectivity index (χ1v) is 22.4. The van der Waals surface area contributed by atoms with Gasteiger partial charge in [-0.2, -0.15) is 0 Å². The van der Waals surface area contributed by atoms with Gasteiger partial charge >= 0.3 is 29.8 Å². The minimum Gasteiger partial charge on any atom is -0.465 e. The van der Waals surface area contributed by atoms with Crippen molar-refractivity contribution in [2.45, 2.75) is 142 Å². The quantitative estimate of drug-likeness (QED) is 0.0599. The Labute approximate surface area is 389 Å². The zero-order valence-electron chi connectivity index (χ0n) is 39.1. The maximum Gasteiger partial charge on any atom is 0.366 e. The van der Waals surface area contributed by atoms with Gasteiger partial charge in [-0.05, 0) is 55.5 Å². The molecule has 2 heterocycles. The number of hydrogen-bond acceptors (Lipinski definition) is 17. The van der Waals surface area contributed by atoms with E-state index < -0.39 is 84.3 Å². The summed E-state index contributed by atoms with van der Waals surface area (Å²) in [6.07, 6.45) is 0.441.